The first-order valence-corrected chi connectivity index (χ1v) is 5.49. The highest BCUT2D eigenvalue weighted by Crippen LogP contribution is 2.26. The molecular weight excluding hydrogens is 238 g/mol. The minimum atomic E-state index is -0.582. The van der Waals surface area contributed by atoms with Gasteiger partial charge in [0.05, 0.1) is 11.0 Å². The second-order valence-corrected chi connectivity index (χ2v) is 4.66. The van der Waals surface area contributed by atoms with Gasteiger partial charge in [-0.15, -0.1) is 11.3 Å². The summed E-state index contributed by atoms with van der Waals surface area (Å²) in [6.45, 7) is 3.53. The van der Waals surface area contributed by atoms with E-state index in [-0.39, 0.29) is 12.6 Å². The van der Waals surface area contributed by atoms with E-state index in [9.17, 15) is 4.79 Å². The number of nitrogens with one attached hydrogen (secondary N) is 2. The van der Waals surface area contributed by atoms with Gasteiger partial charge in [-0.3, -0.25) is 11.1 Å². The summed E-state index contributed by atoms with van der Waals surface area (Å²) in [5, 5.41) is 2.45. The van der Waals surface area contributed by atoms with Gasteiger partial charge in [0, 0.05) is 6.54 Å². The van der Waals surface area contributed by atoms with Crippen molar-refractivity contribution in [2.75, 3.05) is 5.32 Å². The van der Waals surface area contributed by atoms with Gasteiger partial charge in [-0.05, 0) is 13.8 Å². The van der Waals surface area contributed by atoms with Crippen molar-refractivity contribution in [3.63, 3.8) is 0 Å². The van der Waals surface area contributed by atoms with E-state index in [1.54, 1.807) is 13.8 Å². The largest absolute Gasteiger partial charge is 0.447 e. The zero-order valence-electron chi connectivity index (χ0n) is 8.33. The molecule has 0 atom stereocenters. The minimum Gasteiger partial charge on any atom is -0.447 e. The fourth-order valence-electron chi connectivity index (χ4n) is 0.881. The smallest absolute Gasteiger partial charge is 0.413 e. The maximum Gasteiger partial charge on any atom is 0.413 e. The molecule has 5 nitrogen and oxygen atoms in total. The Morgan fingerprint density at radius 3 is 2.93 bits per heavy atom. The van der Waals surface area contributed by atoms with E-state index in [0.29, 0.717) is 15.2 Å². The van der Waals surface area contributed by atoms with E-state index in [4.69, 9.17) is 22.1 Å². The highest BCUT2D eigenvalue weighted by Gasteiger charge is 2.13. The molecule has 1 rings (SSSR count). The minimum absolute atomic E-state index is 0.0294. The topological polar surface area (TPSA) is 75.0 Å². The summed E-state index contributed by atoms with van der Waals surface area (Å²) in [6.07, 6.45) is -0.778. The van der Waals surface area contributed by atoms with Gasteiger partial charge < -0.3 is 4.74 Å². The van der Waals surface area contributed by atoms with Crippen molar-refractivity contribution in [1.82, 2.24) is 10.7 Å². The van der Waals surface area contributed by atoms with Crippen LogP contribution in [0.25, 0.3) is 0 Å². The molecule has 1 aromatic rings. The molecular formula is C8H11ClN3O2S. The van der Waals surface area contributed by atoms with Crippen LogP contribution in [-0.2, 0) is 11.3 Å². The number of nitrogens with zero attached hydrogens (tertiary/aromatic N) is 1. The van der Waals surface area contributed by atoms with E-state index in [1.165, 1.54) is 11.3 Å². The molecule has 0 aliphatic carbocycles. The Morgan fingerprint density at radius 2 is 2.40 bits per heavy atom. The van der Waals surface area contributed by atoms with Crippen LogP contribution in [0.4, 0.5) is 10.6 Å². The predicted octanol–water partition coefficient (Wildman–Crippen LogP) is 2.54. The van der Waals surface area contributed by atoms with E-state index in [1.807, 2.05) is 0 Å². The molecule has 0 saturated carbocycles. The Kier molecular flexibility index (Phi) is 4.31. The van der Waals surface area contributed by atoms with Crippen LogP contribution in [0.5, 0.6) is 0 Å². The second-order valence-electron chi connectivity index (χ2n) is 2.99. The van der Waals surface area contributed by atoms with Crippen molar-refractivity contribution in [2.24, 2.45) is 0 Å². The molecule has 1 amide bonds. The van der Waals surface area contributed by atoms with E-state index in [0.717, 1.165) is 0 Å². The van der Waals surface area contributed by atoms with Crippen LogP contribution < -0.4 is 11.1 Å². The third-order valence-corrected chi connectivity index (χ3v) is 2.55. The molecule has 1 aromatic heterocycles. The van der Waals surface area contributed by atoms with Gasteiger partial charge in [0.1, 0.15) is 0 Å². The van der Waals surface area contributed by atoms with Crippen LogP contribution >= 0.6 is 22.9 Å². The van der Waals surface area contributed by atoms with Crippen LogP contribution in [0.15, 0.2) is 0 Å². The lowest BCUT2D eigenvalue weighted by Gasteiger charge is -2.08. The van der Waals surface area contributed by atoms with Crippen LogP contribution in [0.1, 0.15) is 18.7 Å². The van der Waals surface area contributed by atoms with E-state index >= 15 is 0 Å². The summed E-state index contributed by atoms with van der Waals surface area (Å²) < 4.78 is 5.18. The maximum atomic E-state index is 11.2. The summed E-state index contributed by atoms with van der Waals surface area (Å²) in [5.41, 5.74) is 7.20. The molecule has 7 heteroatoms. The molecule has 2 N–H and O–H groups in total. The number of rotatable bonds is 3. The van der Waals surface area contributed by atoms with Crippen molar-refractivity contribution in [3.05, 3.63) is 9.34 Å². The zero-order chi connectivity index (χ0) is 11.4. The molecule has 15 heavy (non-hydrogen) atoms. The van der Waals surface area contributed by atoms with Crippen LogP contribution in [0, 0.1) is 0 Å². The highest BCUT2D eigenvalue weighted by atomic mass is 35.5. The fourth-order valence-corrected chi connectivity index (χ4v) is 1.85. The van der Waals surface area contributed by atoms with Crippen molar-refractivity contribution in [2.45, 2.75) is 26.5 Å². The number of carbonyl (C=O) groups excluding carboxylic acids is 1. The van der Waals surface area contributed by atoms with Crippen molar-refractivity contribution in [3.8, 4) is 0 Å². The van der Waals surface area contributed by atoms with Crippen LogP contribution in [0.2, 0.25) is 4.47 Å². The van der Waals surface area contributed by atoms with Gasteiger partial charge in [-0.1, -0.05) is 11.6 Å². The SMILES string of the molecule is CC(C)OC(=O)Nc1nc(Cl)sc1C[NH]. The lowest BCUT2D eigenvalue weighted by molar-refractivity contribution is 0.130. The Labute approximate surface area is 96.6 Å². The standard InChI is InChI=1S/C8H11ClN3O2S/c1-4(2)14-8(13)12-6-5(3-10)15-7(9)11-6/h4,10H,3H2,1-2H3,(H,12,13). The number of ether oxygens (including phenoxy) is 1. The average molecular weight is 249 g/mol. The van der Waals surface area contributed by atoms with Gasteiger partial charge >= 0.3 is 6.09 Å². The summed E-state index contributed by atoms with van der Waals surface area (Å²) in [7, 11) is 0. The van der Waals surface area contributed by atoms with Gasteiger partial charge in [0.2, 0.25) is 0 Å². The normalized spacial score (nSPS) is 10.5. The lowest BCUT2D eigenvalue weighted by atomic mass is 10.5. The van der Waals surface area contributed by atoms with Crippen LogP contribution in [0.3, 0.4) is 0 Å². The Balaban J connectivity index is 2.67. The molecule has 0 aliphatic heterocycles. The molecule has 0 spiro atoms. The molecule has 0 fully saturated rings. The van der Waals surface area contributed by atoms with Gasteiger partial charge in [0.15, 0.2) is 10.3 Å². The summed E-state index contributed by atoms with van der Waals surface area (Å²) in [5.74, 6) is 0.311. The number of amides is 1. The molecule has 1 heterocycles. The summed E-state index contributed by atoms with van der Waals surface area (Å²) in [4.78, 5) is 15.7. The number of hydrogen-bond donors (Lipinski definition) is 1. The van der Waals surface area contributed by atoms with Crippen LogP contribution in [-0.4, -0.2) is 17.2 Å². The Hall–Kier alpha value is -0.850. The highest BCUT2D eigenvalue weighted by molar-refractivity contribution is 7.16. The number of anilines is 1. The average Bonchev–Trinajstić information content (AvgIpc) is 2.44. The van der Waals surface area contributed by atoms with Gasteiger partial charge in [-0.25, -0.2) is 9.78 Å². The first-order valence-electron chi connectivity index (χ1n) is 4.30. The van der Waals surface area contributed by atoms with Gasteiger partial charge in [0.25, 0.3) is 0 Å². The summed E-state index contributed by atoms with van der Waals surface area (Å²) in [6, 6.07) is 0. The molecule has 0 bridgehead atoms. The first-order chi connectivity index (χ1) is 7.02. The molecule has 0 unspecified atom stereocenters. The number of halogens is 1. The van der Waals surface area contributed by atoms with Crippen molar-refractivity contribution >= 4 is 34.8 Å². The first kappa shape index (κ1) is 12.2. The number of thiazole rings is 1. The Bertz CT molecular complexity index is 354. The predicted molar refractivity (Wildman–Crippen MR) is 59.2 cm³/mol. The molecule has 0 aliphatic rings. The van der Waals surface area contributed by atoms with Crippen molar-refractivity contribution < 1.29 is 9.53 Å². The third kappa shape index (κ3) is 3.65. The van der Waals surface area contributed by atoms with E-state index in [2.05, 4.69) is 10.3 Å². The maximum absolute atomic E-state index is 11.2. The monoisotopic (exact) mass is 248 g/mol. The molecule has 1 radical (unpaired) electrons. The van der Waals surface area contributed by atoms with Gasteiger partial charge in [-0.2, -0.15) is 0 Å². The molecule has 0 saturated heterocycles. The molecule has 0 aromatic carbocycles. The lowest BCUT2D eigenvalue weighted by Crippen LogP contribution is -2.18. The Morgan fingerprint density at radius 1 is 1.73 bits per heavy atom. The van der Waals surface area contributed by atoms with Crippen molar-refractivity contribution in [1.29, 1.82) is 0 Å². The zero-order valence-corrected chi connectivity index (χ0v) is 9.91. The quantitative estimate of drug-likeness (QED) is 0.893. The number of carbonyl (C=O) groups is 1. The molecule has 83 valence electrons. The summed E-state index contributed by atoms with van der Waals surface area (Å²) >= 11 is 6.84. The fraction of sp³-hybridized carbons (Fsp3) is 0.500. The third-order valence-electron chi connectivity index (χ3n) is 1.40. The van der Waals surface area contributed by atoms with E-state index < -0.39 is 6.09 Å². The number of aromatic nitrogens is 1. The second kappa shape index (κ2) is 5.29. The number of hydrogen-bond acceptors (Lipinski definition) is 4.